The van der Waals surface area contributed by atoms with Crippen LogP contribution in [0.3, 0.4) is 0 Å². The van der Waals surface area contributed by atoms with E-state index >= 15 is 0 Å². The minimum atomic E-state index is -0.450. The van der Waals surface area contributed by atoms with Crippen molar-refractivity contribution < 1.29 is 9.34 Å². The minimum absolute atomic E-state index is 0.00461. The molecule has 4 rings (SSSR count). The molecule has 0 saturated carbocycles. The Bertz CT molecular complexity index is 1310. The van der Waals surface area contributed by atoms with Gasteiger partial charge in [-0.2, -0.15) is 5.26 Å². The zero-order valence-electron chi connectivity index (χ0n) is 15.0. The summed E-state index contributed by atoms with van der Waals surface area (Å²) in [4.78, 5) is 10.5. The summed E-state index contributed by atoms with van der Waals surface area (Å²) >= 11 is 3.36. The van der Waals surface area contributed by atoms with Crippen molar-refractivity contribution in [3.63, 3.8) is 0 Å². The van der Waals surface area contributed by atoms with Crippen LogP contribution in [0.15, 0.2) is 81.7 Å². The minimum Gasteiger partial charge on any atom is -0.457 e. The van der Waals surface area contributed by atoms with Crippen LogP contribution in [0.4, 0.5) is 5.69 Å². The number of allylic oxidation sites excluding steroid dienone is 1. The van der Waals surface area contributed by atoms with Crippen molar-refractivity contribution in [3.05, 3.63) is 98.7 Å². The molecule has 0 fully saturated rings. The molecule has 0 amide bonds. The lowest BCUT2D eigenvalue weighted by atomic mass is 9.98. The van der Waals surface area contributed by atoms with Crippen molar-refractivity contribution in [1.82, 2.24) is 0 Å². The molecule has 140 valence electrons. The van der Waals surface area contributed by atoms with Crippen molar-refractivity contribution >= 4 is 44.0 Å². The average Bonchev–Trinajstić information content (AvgIpc) is 3.19. The third-order valence-corrected chi connectivity index (χ3v) is 5.20. The van der Waals surface area contributed by atoms with Gasteiger partial charge >= 0.3 is 0 Å². The molecule has 0 aliphatic rings. The second-order valence-corrected chi connectivity index (χ2v) is 7.17. The Morgan fingerprint density at radius 2 is 1.86 bits per heavy atom. The van der Waals surface area contributed by atoms with Crippen molar-refractivity contribution in [1.29, 1.82) is 5.26 Å². The molecule has 3 aromatic carbocycles. The monoisotopic (exact) mass is 444 g/mol. The summed E-state index contributed by atoms with van der Waals surface area (Å²) < 4.78 is 6.45. The van der Waals surface area contributed by atoms with E-state index in [2.05, 4.69) is 22.0 Å². The zero-order chi connectivity index (χ0) is 20.4. The van der Waals surface area contributed by atoms with Gasteiger partial charge in [-0.25, -0.2) is 0 Å². The predicted molar refractivity (Wildman–Crippen MR) is 116 cm³/mol. The van der Waals surface area contributed by atoms with E-state index in [1.807, 2.05) is 42.5 Å². The molecule has 0 atom stereocenters. The highest BCUT2D eigenvalue weighted by Gasteiger charge is 2.14. The SMILES string of the molecule is N#C/C(=C/c1ccc(-c2ccc([N+](=O)[O-])cc2Br)o1)c1cccc2ccccc12. The molecule has 0 unspecified atom stereocenters. The quantitative estimate of drug-likeness (QED) is 0.196. The first-order valence-corrected chi connectivity index (χ1v) is 9.50. The first kappa shape index (κ1) is 18.7. The molecule has 1 aromatic heterocycles. The number of hydrogen-bond acceptors (Lipinski definition) is 4. The van der Waals surface area contributed by atoms with Gasteiger partial charge in [0.2, 0.25) is 0 Å². The average molecular weight is 445 g/mol. The summed E-state index contributed by atoms with van der Waals surface area (Å²) in [6.07, 6.45) is 1.70. The summed E-state index contributed by atoms with van der Waals surface area (Å²) in [5.41, 5.74) is 2.01. The Kier molecular flexibility index (Phi) is 4.98. The fraction of sp³-hybridized carbons (Fsp3) is 0. The first-order chi connectivity index (χ1) is 14.1. The lowest BCUT2D eigenvalue weighted by molar-refractivity contribution is -0.384. The van der Waals surface area contributed by atoms with E-state index in [4.69, 9.17) is 4.42 Å². The molecule has 29 heavy (non-hydrogen) atoms. The zero-order valence-corrected chi connectivity index (χ0v) is 16.6. The van der Waals surface area contributed by atoms with Gasteiger partial charge in [0.1, 0.15) is 11.5 Å². The maximum atomic E-state index is 10.9. The number of fused-ring (bicyclic) bond motifs is 1. The van der Waals surface area contributed by atoms with Gasteiger partial charge in [-0.1, -0.05) is 42.5 Å². The van der Waals surface area contributed by atoms with Crippen molar-refractivity contribution in [2.45, 2.75) is 0 Å². The van der Waals surface area contributed by atoms with Gasteiger partial charge in [0.05, 0.1) is 16.6 Å². The highest BCUT2D eigenvalue weighted by Crippen LogP contribution is 2.34. The van der Waals surface area contributed by atoms with Gasteiger partial charge in [-0.3, -0.25) is 10.1 Å². The second-order valence-electron chi connectivity index (χ2n) is 6.32. The maximum absolute atomic E-state index is 10.9. The first-order valence-electron chi connectivity index (χ1n) is 8.71. The van der Waals surface area contributed by atoms with Crippen LogP contribution in [0.2, 0.25) is 0 Å². The van der Waals surface area contributed by atoms with Crippen molar-refractivity contribution in [2.24, 2.45) is 0 Å². The number of nitriles is 1. The van der Waals surface area contributed by atoms with E-state index in [1.54, 1.807) is 24.3 Å². The molecule has 0 radical (unpaired) electrons. The third-order valence-electron chi connectivity index (χ3n) is 4.54. The number of nitrogens with zero attached hydrogens (tertiary/aromatic N) is 2. The van der Waals surface area contributed by atoms with Gasteiger partial charge in [-0.05, 0) is 51.0 Å². The number of rotatable bonds is 4. The number of hydrogen-bond donors (Lipinski definition) is 0. The standard InChI is InChI=1S/C23H13BrN2O3/c24-22-13-17(26(27)28)8-10-21(22)23-11-9-18(29-23)12-16(14-25)20-7-3-5-15-4-1-2-6-19(15)20/h1-13H/b16-12-. The molecular formula is C23H13BrN2O3. The molecule has 6 heteroatoms. The lowest BCUT2D eigenvalue weighted by Gasteiger charge is -2.05. The number of furan rings is 1. The van der Waals surface area contributed by atoms with E-state index < -0.39 is 4.92 Å². The fourth-order valence-corrected chi connectivity index (χ4v) is 3.73. The molecule has 0 saturated heterocycles. The molecule has 0 N–H and O–H groups in total. The number of halogens is 1. The molecule has 0 aliphatic carbocycles. The topological polar surface area (TPSA) is 80.1 Å². The molecule has 5 nitrogen and oxygen atoms in total. The Morgan fingerprint density at radius 1 is 1.07 bits per heavy atom. The highest BCUT2D eigenvalue weighted by atomic mass is 79.9. The Morgan fingerprint density at radius 3 is 2.62 bits per heavy atom. The molecule has 0 aliphatic heterocycles. The number of nitro groups is 1. The largest absolute Gasteiger partial charge is 0.457 e. The Balaban J connectivity index is 1.73. The van der Waals surface area contributed by atoms with E-state index in [9.17, 15) is 15.4 Å². The second kappa shape index (κ2) is 7.74. The molecular weight excluding hydrogens is 432 g/mol. The highest BCUT2D eigenvalue weighted by molar-refractivity contribution is 9.10. The van der Waals surface area contributed by atoms with E-state index in [0.717, 1.165) is 16.3 Å². The predicted octanol–water partition coefficient (Wildman–Crippen LogP) is 6.83. The number of non-ortho nitro benzene ring substituents is 1. The fourth-order valence-electron chi connectivity index (χ4n) is 3.17. The van der Waals surface area contributed by atoms with Crippen LogP contribution >= 0.6 is 15.9 Å². The van der Waals surface area contributed by atoms with Gasteiger partial charge in [0, 0.05) is 27.7 Å². The van der Waals surface area contributed by atoms with Crippen LogP contribution in [0.1, 0.15) is 11.3 Å². The van der Waals surface area contributed by atoms with Gasteiger partial charge in [-0.15, -0.1) is 0 Å². The molecule has 0 spiro atoms. The summed E-state index contributed by atoms with van der Waals surface area (Å²) in [5, 5.41) is 22.7. The van der Waals surface area contributed by atoms with Crippen LogP contribution in [-0.4, -0.2) is 4.92 Å². The number of benzene rings is 3. The van der Waals surface area contributed by atoms with E-state index in [1.165, 1.54) is 12.1 Å². The summed E-state index contributed by atoms with van der Waals surface area (Å²) in [5.74, 6) is 1.07. The van der Waals surface area contributed by atoms with Crippen molar-refractivity contribution in [2.75, 3.05) is 0 Å². The van der Waals surface area contributed by atoms with Gasteiger partial charge in [0.15, 0.2) is 0 Å². The van der Waals surface area contributed by atoms with Crippen LogP contribution in [0, 0.1) is 21.4 Å². The van der Waals surface area contributed by atoms with Crippen LogP contribution in [0.25, 0.3) is 33.7 Å². The molecule has 0 bridgehead atoms. The summed E-state index contributed by atoms with van der Waals surface area (Å²) in [7, 11) is 0. The van der Waals surface area contributed by atoms with E-state index in [0.29, 0.717) is 27.1 Å². The summed E-state index contributed by atoms with van der Waals surface area (Å²) in [6, 6.07) is 24.0. The molecule has 1 heterocycles. The smallest absolute Gasteiger partial charge is 0.270 e. The third kappa shape index (κ3) is 3.68. The van der Waals surface area contributed by atoms with Crippen LogP contribution < -0.4 is 0 Å². The lowest BCUT2D eigenvalue weighted by Crippen LogP contribution is -1.88. The van der Waals surface area contributed by atoms with Gasteiger partial charge in [0.25, 0.3) is 5.69 Å². The maximum Gasteiger partial charge on any atom is 0.270 e. The van der Waals surface area contributed by atoms with Crippen LogP contribution in [-0.2, 0) is 0 Å². The Labute approximate surface area is 174 Å². The number of nitro benzene ring substituents is 1. The molecule has 4 aromatic rings. The summed E-state index contributed by atoms with van der Waals surface area (Å²) in [6.45, 7) is 0. The van der Waals surface area contributed by atoms with Gasteiger partial charge < -0.3 is 4.42 Å². The van der Waals surface area contributed by atoms with E-state index in [-0.39, 0.29) is 5.69 Å². The Hall–Kier alpha value is -3.69. The normalized spacial score (nSPS) is 11.4. The van der Waals surface area contributed by atoms with Crippen LogP contribution in [0.5, 0.6) is 0 Å². The van der Waals surface area contributed by atoms with Crippen molar-refractivity contribution in [3.8, 4) is 17.4 Å².